The van der Waals surface area contributed by atoms with Crippen molar-refractivity contribution in [3.05, 3.63) is 99.0 Å². The summed E-state index contributed by atoms with van der Waals surface area (Å²) in [6.07, 6.45) is 5.53. The van der Waals surface area contributed by atoms with Crippen molar-refractivity contribution < 1.29 is 14.7 Å². The summed E-state index contributed by atoms with van der Waals surface area (Å²) in [7, 11) is 0. The fourth-order valence-corrected chi connectivity index (χ4v) is 6.53. The SMILES string of the molecule is O=C(NC(Cc1ccccc1)C(O)CNCc1cc(Cl)cc(Cl)c1)c1cc(C2CCCC2)cc(N2CCCC2=O)c1. The summed E-state index contributed by atoms with van der Waals surface area (Å²) in [5.41, 5.74) is 4.36. The van der Waals surface area contributed by atoms with E-state index in [1.54, 1.807) is 11.0 Å². The first-order valence-corrected chi connectivity index (χ1v) is 15.3. The summed E-state index contributed by atoms with van der Waals surface area (Å²) in [4.78, 5) is 28.1. The molecule has 8 heteroatoms. The van der Waals surface area contributed by atoms with Crippen molar-refractivity contribution in [1.29, 1.82) is 0 Å². The first-order valence-electron chi connectivity index (χ1n) is 14.5. The van der Waals surface area contributed by atoms with Gasteiger partial charge in [-0.25, -0.2) is 0 Å². The predicted molar refractivity (Wildman–Crippen MR) is 165 cm³/mol. The molecule has 1 saturated carbocycles. The molecule has 1 saturated heterocycles. The van der Waals surface area contributed by atoms with Crippen molar-refractivity contribution in [3.63, 3.8) is 0 Å². The maximum Gasteiger partial charge on any atom is 0.251 e. The van der Waals surface area contributed by atoms with Crippen LogP contribution in [-0.2, 0) is 17.8 Å². The molecular weight excluding hydrogens is 557 g/mol. The van der Waals surface area contributed by atoms with Gasteiger partial charge in [-0.05, 0) is 84.7 Å². The maximum atomic E-state index is 13.8. The average Bonchev–Trinajstić information content (AvgIpc) is 3.65. The van der Waals surface area contributed by atoms with Gasteiger partial charge in [-0.1, -0.05) is 66.4 Å². The summed E-state index contributed by atoms with van der Waals surface area (Å²) in [5.74, 6) is 0.248. The van der Waals surface area contributed by atoms with Gasteiger partial charge < -0.3 is 20.6 Å². The second-order valence-electron chi connectivity index (χ2n) is 11.2. The van der Waals surface area contributed by atoms with Crippen LogP contribution in [0, 0.1) is 0 Å². The molecule has 3 N–H and O–H groups in total. The van der Waals surface area contributed by atoms with Crippen molar-refractivity contribution >= 4 is 40.7 Å². The molecule has 3 aromatic rings. The molecule has 1 aliphatic carbocycles. The van der Waals surface area contributed by atoms with Crippen LogP contribution >= 0.6 is 23.2 Å². The number of rotatable bonds is 11. The summed E-state index contributed by atoms with van der Waals surface area (Å²) < 4.78 is 0. The standard InChI is InChI=1S/C33H37Cl2N3O3/c34-27-13-23(14-28(35)19-27)20-36-21-31(39)30(15-22-7-2-1-3-8-22)37-33(41)26-16-25(24-9-4-5-10-24)17-29(18-26)38-12-6-11-32(38)40/h1-3,7-8,13-14,16-19,24,30-31,36,39H,4-6,9-12,15,20-21H2,(H,37,41). The Morgan fingerprint density at radius 1 is 0.951 bits per heavy atom. The van der Waals surface area contributed by atoms with E-state index in [0.29, 0.717) is 47.5 Å². The maximum absolute atomic E-state index is 13.8. The van der Waals surface area contributed by atoms with Crippen LogP contribution in [0.3, 0.4) is 0 Å². The Hall–Kier alpha value is -2.90. The Morgan fingerprint density at radius 2 is 1.68 bits per heavy atom. The van der Waals surface area contributed by atoms with E-state index in [0.717, 1.165) is 41.6 Å². The first-order chi connectivity index (χ1) is 19.9. The molecule has 5 rings (SSSR count). The van der Waals surface area contributed by atoms with Crippen LogP contribution in [0.2, 0.25) is 10.0 Å². The van der Waals surface area contributed by atoms with Crippen LogP contribution in [0.4, 0.5) is 5.69 Å². The highest BCUT2D eigenvalue weighted by atomic mass is 35.5. The van der Waals surface area contributed by atoms with E-state index in [-0.39, 0.29) is 18.4 Å². The number of aliphatic hydroxyl groups is 1. The van der Waals surface area contributed by atoms with Gasteiger partial charge in [0.15, 0.2) is 0 Å². The minimum absolute atomic E-state index is 0.101. The summed E-state index contributed by atoms with van der Waals surface area (Å²) in [5, 5.41) is 18.8. The Kier molecular flexibility index (Phi) is 9.99. The number of nitrogens with one attached hydrogen (secondary N) is 2. The van der Waals surface area contributed by atoms with E-state index in [4.69, 9.17) is 23.2 Å². The molecule has 2 atom stereocenters. The molecule has 2 fully saturated rings. The van der Waals surface area contributed by atoms with Crippen molar-refractivity contribution in [2.75, 3.05) is 18.0 Å². The fraction of sp³-hybridized carbons (Fsp3) is 0.394. The summed E-state index contributed by atoms with van der Waals surface area (Å²) >= 11 is 12.3. The number of benzene rings is 3. The second-order valence-corrected chi connectivity index (χ2v) is 12.1. The van der Waals surface area contributed by atoms with E-state index in [1.807, 2.05) is 54.6 Å². The fourth-order valence-electron chi connectivity index (χ4n) is 5.96. The number of carbonyl (C=O) groups is 2. The molecule has 0 radical (unpaired) electrons. The average molecular weight is 595 g/mol. The zero-order valence-electron chi connectivity index (χ0n) is 23.1. The number of halogens is 2. The van der Waals surface area contributed by atoms with Gasteiger partial charge in [-0.15, -0.1) is 0 Å². The number of amides is 2. The number of hydrogen-bond donors (Lipinski definition) is 3. The third-order valence-electron chi connectivity index (χ3n) is 8.10. The Morgan fingerprint density at radius 3 is 2.37 bits per heavy atom. The van der Waals surface area contributed by atoms with Crippen LogP contribution in [0.25, 0.3) is 0 Å². The highest BCUT2D eigenvalue weighted by Crippen LogP contribution is 2.37. The normalized spacial score (nSPS) is 17.1. The molecule has 1 heterocycles. The van der Waals surface area contributed by atoms with Crippen LogP contribution in [0.1, 0.15) is 71.5 Å². The lowest BCUT2D eigenvalue weighted by atomic mass is 9.94. The van der Waals surface area contributed by atoms with E-state index >= 15 is 0 Å². The monoisotopic (exact) mass is 593 g/mol. The topological polar surface area (TPSA) is 81.7 Å². The van der Waals surface area contributed by atoms with Gasteiger partial charge in [0.1, 0.15) is 0 Å². The molecule has 2 amide bonds. The smallest absolute Gasteiger partial charge is 0.251 e. The molecular formula is C33H37Cl2N3O3. The number of anilines is 1. The van der Waals surface area contributed by atoms with E-state index < -0.39 is 12.1 Å². The third kappa shape index (κ3) is 7.89. The number of carbonyl (C=O) groups excluding carboxylic acids is 2. The van der Waals surface area contributed by atoms with Gasteiger partial charge >= 0.3 is 0 Å². The molecule has 0 aromatic heterocycles. The number of aliphatic hydroxyl groups excluding tert-OH is 1. The largest absolute Gasteiger partial charge is 0.390 e. The molecule has 1 aliphatic heterocycles. The van der Waals surface area contributed by atoms with Crippen molar-refractivity contribution in [1.82, 2.24) is 10.6 Å². The zero-order chi connectivity index (χ0) is 28.8. The van der Waals surface area contributed by atoms with Gasteiger partial charge in [0, 0.05) is 47.4 Å². The number of hydrogen-bond acceptors (Lipinski definition) is 4. The Bertz CT molecular complexity index is 1340. The molecule has 6 nitrogen and oxygen atoms in total. The van der Waals surface area contributed by atoms with Crippen LogP contribution < -0.4 is 15.5 Å². The van der Waals surface area contributed by atoms with Gasteiger partial charge in [0.2, 0.25) is 5.91 Å². The van der Waals surface area contributed by atoms with Crippen LogP contribution in [-0.4, -0.2) is 42.2 Å². The predicted octanol–water partition coefficient (Wildman–Crippen LogP) is 6.27. The highest BCUT2D eigenvalue weighted by molar-refractivity contribution is 6.34. The lowest BCUT2D eigenvalue weighted by Crippen LogP contribution is -2.48. The summed E-state index contributed by atoms with van der Waals surface area (Å²) in [6, 6.07) is 20.5. The van der Waals surface area contributed by atoms with Gasteiger partial charge in [-0.2, -0.15) is 0 Å². The molecule has 41 heavy (non-hydrogen) atoms. The van der Waals surface area contributed by atoms with Crippen LogP contribution in [0.15, 0.2) is 66.7 Å². The molecule has 0 spiro atoms. The quantitative estimate of drug-likeness (QED) is 0.245. The highest BCUT2D eigenvalue weighted by Gasteiger charge is 2.27. The van der Waals surface area contributed by atoms with Gasteiger partial charge in [0.25, 0.3) is 5.91 Å². The minimum atomic E-state index is -0.855. The van der Waals surface area contributed by atoms with E-state index in [1.165, 1.54) is 12.8 Å². The van der Waals surface area contributed by atoms with Crippen molar-refractivity contribution in [2.45, 2.75) is 69.6 Å². The van der Waals surface area contributed by atoms with Crippen molar-refractivity contribution in [2.24, 2.45) is 0 Å². The zero-order valence-corrected chi connectivity index (χ0v) is 24.6. The van der Waals surface area contributed by atoms with Crippen molar-refractivity contribution in [3.8, 4) is 0 Å². The van der Waals surface area contributed by atoms with E-state index in [9.17, 15) is 14.7 Å². The van der Waals surface area contributed by atoms with E-state index in [2.05, 4.69) is 16.7 Å². The third-order valence-corrected chi connectivity index (χ3v) is 8.53. The molecule has 2 unspecified atom stereocenters. The molecule has 3 aromatic carbocycles. The van der Waals surface area contributed by atoms with Gasteiger partial charge in [-0.3, -0.25) is 9.59 Å². The van der Waals surface area contributed by atoms with Crippen LogP contribution in [0.5, 0.6) is 0 Å². The first kappa shape index (κ1) is 29.6. The Balaban J connectivity index is 1.34. The molecule has 0 bridgehead atoms. The lowest BCUT2D eigenvalue weighted by Gasteiger charge is -2.26. The number of nitrogens with zero attached hydrogens (tertiary/aromatic N) is 1. The second kappa shape index (κ2) is 13.8. The molecule has 216 valence electrons. The van der Waals surface area contributed by atoms with Gasteiger partial charge in [0.05, 0.1) is 12.1 Å². The summed E-state index contributed by atoms with van der Waals surface area (Å²) in [6.45, 7) is 1.41. The Labute approximate surface area is 252 Å². The minimum Gasteiger partial charge on any atom is -0.390 e. The lowest BCUT2D eigenvalue weighted by molar-refractivity contribution is -0.117. The molecule has 2 aliphatic rings.